The SMILES string of the molecule is CC(C)(C)c1ccc(N(c2ccc3c(c2)-c2ccccc2C3(C)C)c2ccc3ccccc3c2-c2cccc3c2-c2ccccc2C3(C)C)c2ccccc12. The molecule has 8 aromatic rings. The van der Waals surface area contributed by atoms with E-state index >= 15 is 0 Å². The van der Waals surface area contributed by atoms with Crippen LogP contribution in [0.4, 0.5) is 17.1 Å². The standard InChI is InChI=1S/C54H47N/c1-52(2,3)43-30-32-48(39-21-11-10-19-37(39)43)55(35-28-29-46-42(33-35)38-20-12-14-24-44(38)53(46,4)5)49-31-27-34-17-8-9-18-36(34)51(49)41-23-16-26-47-50(41)40-22-13-15-25-45(40)54(47,6)7/h8-33H,1-7H3. The smallest absolute Gasteiger partial charge is 0.0546 e. The molecule has 0 saturated carbocycles. The van der Waals surface area contributed by atoms with Gasteiger partial charge in [0.25, 0.3) is 0 Å². The van der Waals surface area contributed by atoms with Gasteiger partial charge in [0.2, 0.25) is 0 Å². The van der Waals surface area contributed by atoms with E-state index in [1.807, 2.05) is 0 Å². The number of hydrogen-bond donors (Lipinski definition) is 0. The maximum absolute atomic E-state index is 2.57. The summed E-state index contributed by atoms with van der Waals surface area (Å²) in [6.07, 6.45) is 0. The summed E-state index contributed by atoms with van der Waals surface area (Å²) in [5, 5.41) is 5.04. The molecule has 0 unspecified atom stereocenters. The van der Waals surface area contributed by atoms with Crippen molar-refractivity contribution in [2.24, 2.45) is 0 Å². The second kappa shape index (κ2) is 11.8. The molecule has 2 aliphatic rings. The van der Waals surface area contributed by atoms with Crippen LogP contribution in [0.5, 0.6) is 0 Å². The van der Waals surface area contributed by atoms with Crippen LogP contribution in [-0.2, 0) is 16.2 Å². The van der Waals surface area contributed by atoms with Crippen LogP contribution in [0.15, 0.2) is 158 Å². The fourth-order valence-electron chi connectivity index (χ4n) is 10.1. The third-order valence-corrected chi connectivity index (χ3v) is 12.8. The number of anilines is 3. The van der Waals surface area contributed by atoms with E-state index in [9.17, 15) is 0 Å². The molecule has 0 bridgehead atoms. The highest BCUT2D eigenvalue weighted by Crippen LogP contribution is 2.56. The summed E-state index contributed by atoms with van der Waals surface area (Å²) in [7, 11) is 0. The number of rotatable bonds is 4. The van der Waals surface area contributed by atoms with Gasteiger partial charge in [0.1, 0.15) is 0 Å². The minimum atomic E-state index is -0.106. The van der Waals surface area contributed by atoms with Crippen molar-refractivity contribution >= 4 is 38.6 Å². The lowest BCUT2D eigenvalue weighted by Crippen LogP contribution is -2.17. The normalized spacial score (nSPS) is 14.7. The quantitative estimate of drug-likeness (QED) is 0.176. The summed E-state index contributed by atoms with van der Waals surface area (Å²) in [4.78, 5) is 2.57. The molecule has 0 fully saturated rings. The molecule has 0 spiro atoms. The number of fused-ring (bicyclic) bond motifs is 8. The molecule has 0 N–H and O–H groups in total. The molecule has 1 nitrogen and oxygen atoms in total. The lowest BCUT2D eigenvalue weighted by Gasteiger charge is -2.32. The second-order valence-electron chi connectivity index (χ2n) is 17.7. The summed E-state index contributed by atoms with van der Waals surface area (Å²) in [6, 6.07) is 59.6. The summed E-state index contributed by atoms with van der Waals surface area (Å²) < 4.78 is 0. The van der Waals surface area contributed by atoms with Gasteiger partial charge < -0.3 is 4.90 Å². The topological polar surface area (TPSA) is 3.24 Å². The van der Waals surface area contributed by atoms with Crippen LogP contribution < -0.4 is 4.90 Å². The van der Waals surface area contributed by atoms with E-state index in [0.29, 0.717) is 0 Å². The molecule has 55 heavy (non-hydrogen) atoms. The fraction of sp³-hybridized carbons (Fsp3) is 0.185. The zero-order valence-electron chi connectivity index (χ0n) is 33.0. The van der Waals surface area contributed by atoms with Crippen LogP contribution in [0.1, 0.15) is 76.3 Å². The van der Waals surface area contributed by atoms with Crippen molar-refractivity contribution < 1.29 is 0 Å². The molecular formula is C54H47N. The summed E-state index contributed by atoms with van der Waals surface area (Å²) >= 11 is 0. The first kappa shape index (κ1) is 33.6. The van der Waals surface area contributed by atoms with Gasteiger partial charge in [-0.1, -0.05) is 182 Å². The zero-order chi connectivity index (χ0) is 37.9. The maximum atomic E-state index is 2.57. The molecule has 0 radical (unpaired) electrons. The van der Waals surface area contributed by atoms with Crippen molar-refractivity contribution in [2.45, 2.75) is 64.7 Å². The molecule has 0 saturated heterocycles. The Kier molecular flexibility index (Phi) is 7.21. The van der Waals surface area contributed by atoms with E-state index in [1.165, 1.54) is 94.1 Å². The van der Waals surface area contributed by atoms with Gasteiger partial charge in [0.05, 0.1) is 11.4 Å². The summed E-state index contributed by atoms with van der Waals surface area (Å²) in [6.45, 7) is 16.5. The Labute approximate surface area is 325 Å². The van der Waals surface area contributed by atoms with E-state index in [4.69, 9.17) is 0 Å². The molecule has 0 heterocycles. The van der Waals surface area contributed by atoms with Crippen molar-refractivity contribution in [3.63, 3.8) is 0 Å². The van der Waals surface area contributed by atoms with Crippen LogP contribution in [0.3, 0.4) is 0 Å². The number of hydrogen-bond acceptors (Lipinski definition) is 1. The fourth-order valence-corrected chi connectivity index (χ4v) is 10.1. The third kappa shape index (κ3) is 4.85. The Morgan fingerprint density at radius 2 is 0.964 bits per heavy atom. The van der Waals surface area contributed by atoms with Crippen molar-refractivity contribution in [1.82, 2.24) is 0 Å². The van der Waals surface area contributed by atoms with Gasteiger partial charge >= 0.3 is 0 Å². The van der Waals surface area contributed by atoms with Gasteiger partial charge in [0.15, 0.2) is 0 Å². The predicted molar refractivity (Wildman–Crippen MR) is 235 cm³/mol. The molecular weight excluding hydrogens is 663 g/mol. The van der Waals surface area contributed by atoms with Gasteiger partial charge in [0, 0.05) is 27.5 Å². The first-order valence-electron chi connectivity index (χ1n) is 19.8. The molecule has 0 aliphatic heterocycles. The van der Waals surface area contributed by atoms with Gasteiger partial charge in [-0.25, -0.2) is 0 Å². The second-order valence-corrected chi connectivity index (χ2v) is 17.7. The van der Waals surface area contributed by atoms with Gasteiger partial charge in [-0.2, -0.15) is 0 Å². The molecule has 8 aromatic carbocycles. The average Bonchev–Trinajstić information content (AvgIpc) is 3.57. The largest absolute Gasteiger partial charge is 0.309 e. The third-order valence-electron chi connectivity index (χ3n) is 12.8. The van der Waals surface area contributed by atoms with Crippen molar-refractivity contribution in [3.8, 4) is 33.4 Å². The van der Waals surface area contributed by atoms with Crippen LogP contribution >= 0.6 is 0 Å². The Morgan fingerprint density at radius 3 is 1.73 bits per heavy atom. The minimum absolute atomic E-state index is 0.00920. The monoisotopic (exact) mass is 709 g/mol. The van der Waals surface area contributed by atoms with E-state index in [1.54, 1.807) is 0 Å². The van der Waals surface area contributed by atoms with E-state index in [-0.39, 0.29) is 16.2 Å². The van der Waals surface area contributed by atoms with Gasteiger partial charge in [-0.3, -0.25) is 0 Å². The Hall–Kier alpha value is -5.92. The Balaban J connectivity index is 1.33. The van der Waals surface area contributed by atoms with Crippen molar-refractivity contribution in [3.05, 3.63) is 186 Å². The lowest BCUT2D eigenvalue weighted by molar-refractivity contribution is 0.596. The number of nitrogens with zero attached hydrogens (tertiary/aromatic N) is 1. The van der Waals surface area contributed by atoms with Crippen molar-refractivity contribution in [2.75, 3.05) is 4.90 Å². The van der Waals surface area contributed by atoms with E-state index < -0.39 is 0 Å². The minimum Gasteiger partial charge on any atom is -0.309 e. The summed E-state index contributed by atoms with van der Waals surface area (Å²) in [5.41, 5.74) is 18.1. The molecule has 10 rings (SSSR count). The lowest BCUT2D eigenvalue weighted by atomic mass is 9.81. The maximum Gasteiger partial charge on any atom is 0.0546 e. The molecule has 2 aliphatic carbocycles. The van der Waals surface area contributed by atoms with E-state index in [2.05, 4.69) is 211 Å². The number of benzene rings is 8. The predicted octanol–water partition coefficient (Wildman–Crippen LogP) is 15.0. The molecule has 0 amide bonds. The first-order valence-corrected chi connectivity index (χ1v) is 19.8. The van der Waals surface area contributed by atoms with Gasteiger partial charge in [-0.05, 0) is 101 Å². The highest BCUT2D eigenvalue weighted by molar-refractivity contribution is 6.11. The van der Waals surface area contributed by atoms with Gasteiger partial charge in [-0.15, -0.1) is 0 Å². The molecule has 0 atom stereocenters. The van der Waals surface area contributed by atoms with Crippen molar-refractivity contribution in [1.29, 1.82) is 0 Å². The van der Waals surface area contributed by atoms with Crippen LogP contribution in [0.25, 0.3) is 54.9 Å². The first-order chi connectivity index (χ1) is 26.5. The molecule has 0 aromatic heterocycles. The average molecular weight is 710 g/mol. The molecule has 268 valence electrons. The van der Waals surface area contributed by atoms with Crippen LogP contribution in [-0.4, -0.2) is 0 Å². The molecule has 1 heteroatoms. The Morgan fingerprint density at radius 1 is 0.400 bits per heavy atom. The van der Waals surface area contributed by atoms with E-state index in [0.717, 1.165) is 5.69 Å². The zero-order valence-corrected chi connectivity index (χ0v) is 33.0. The Bertz CT molecular complexity index is 2860. The highest BCUT2D eigenvalue weighted by atomic mass is 15.1. The highest BCUT2D eigenvalue weighted by Gasteiger charge is 2.38. The summed E-state index contributed by atoms with van der Waals surface area (Å²) in [5.74, 6) is 0. The van der Waals surface area contributed by atoms with Crippen LogP contribution in [0.2, 0.25) is 0 Å². The van der Waals surface area contributed by atoms with Crippen LogP contribution in [0, 0.1) is 0 Å².